The summed E-state index contributed by atoms with van der Waals surface area (Å²) >= 11 is 0. The molecule has 0 saturated carbocycles. The van der Waals surface area contributed by atoms with Gasteiger partial charge in [0.1, 0.15) is 23.3 Å². The van der Waals surface area contributed by atoms with Crippen LogP contribution in [0.25, 0.3) is 0 Å². The van der Waals surface area contributed by atoms with E-state index in [0.29, 0.717) is 22.7 Å². The molecule has 210 valence electrons. The Morgan fingerprint density at radius 2 is 1.51 bits per heavy atom. The number of ether oxygens (including phenoxy) is 3. The molecule has 3 atom stereocenters. The molecule has 0 unspecified atom stereocenters. The first-order valence-electron chi connectivity index (χ1n) is 13.0. The predicted octanol–water partition coefficient (Wildman–Crippen LogP) is 4.58. The number of halogens is 1. The summed E-state index contributed by atoms with van der Waals surface area (Å²) in [5.41, 5.74) is 9.31. The van der Waals surface area contributed by atoms with Crippen LogP contribution in [0.15, 0.2) is 102 Å². The van der Waals surface area contributed by atoms with E-state index in [9.17, 15) is 18.8 Å². The Labute approximate surface area is 236 Å². The third-order valence-corrected chi connectivity index (χ3v) is 7.66. The van der Waals surface area contributed by atoms with Crippen molar-refractivity contribution < 1.29 is 33.0 Å². The predicted molar refractivity (Wildman–Crippen MR) is 149 cm³/mol. The smallest absolute Gasteiger partial charge is 0.338 e. The Morgan fingerprint density at radius 1 is 0.878 bits per heavy atom. The van der Waals surface area contributed by atoms with Crippen LogP contribution in [0, 0.1) is 11.7 Å². The van der Waals surface area contributed by atoms with Gasteiger partial charge in [-0.15, -0.1) is 0 Å². The van der Waals surface area contributed by atoms with Crippen LogP contribution in [-0.4, -0.2) is 39.1 Å². The van der Waals surface area contributed by atoms with Gasteiger partial charge in [0.2, 0.25) is 0 Å². The van der Waals surface area contributed by atoms with Gasteiger partial charge in [0.15, 0.2) is 5.78 Å². The van der Waals surface area contributed by atoms with Gasteiger partial charge >= 0.3 is 11.9 Å². The number of hydrogen-bond acceptors (Lipinski definition) is 8. The minimum absolute atomic E-state index is 0.0153. The minimum atomic E-state index is -1.20. The molecule has 3 aromatic rings. The molecule has 1 aliphatic carbocycles. The molecule has 2 N–H and O–H groups in total. The van der Waals surface area contributed by atoms with Gasteiger partial charge in [-0.25, -0.2) is 9.18 Å². The van der Waals surface area contributed by atoms with E-state index in [2.05, 4.69) is 0 Å². The molecule has 9 heteroatoms. The second-order valence-corrected chi connectivity index (χ2v) is 9.76. The fourth-order valence-electron chi connectivity index (χ4n) is 5.76. The van der Waals surface area contributed by atoms with Crippen molar-refractivity contribution in [3.05, 3.63) is 118 Å². The number of Topliss-reactive ketones (excluding diaryl/α,β-unsaturated/α-hetero) is 1. The molecule has 0 saturated heterocycles. The average molecular weight is 557 g/mol. The lowest BCUT2D eigenvalue weighted by molar-refractivity contribution is -0.150. The highest BCUT2D eigenvalue weighted by molar-refractivity contribution is 6.14. The van der Waals surface area contributed by atoms with E-state index in [1.165, 1.54) is 38.5 Å². The summed E-state index contributed by atoms with van der Waals surface area (Å²) in [6.07, 6.45) is 0.217. The molecule has 1 heterocycles. The first kappa shape index (κ1) is 27.6. The molecular formula is C32H29FN2O6. The molecule has 3 aromatic carbocycles. The van der Waals surface area contributed by atoms with Crippen molar-refractivity contribution in [2.45, 2.75) is 18.3 Å². The van der Waals surface area contributed by atoms with Gasteiger partial charge in [-0.3, -0.25) is 14.5 Å². The minimum Gasteiger partial charge on any atom is -0.497 e. The standard InChI is InChI=1S/C32H29FN2O6/c1-39-22-15-11-18(12-16-22)23-17-24-27(29(36)26(23)31(37)40-2)25(19-9-13-20(33)14-10-19)28(32(38)41-3)30(34)35(24)21-7-5-4-6-8-21/h4-16,23,25-26H,17,34H2,1-3H3/t23-,25-,26-/m1/s1. The summed E-state index contributed by atoms with van der Waals surface area (Å²) in [5, 5.41) is 0. The molecule has 0 aromatic heterocycles. The van der Waals surface area contributed by atoms with Gasteiger partial charge < -0.3 is 19.9 Å². The Kier molecular flexibility index (Phi) is 7.61. The maximum atomic E-state index is 14.6. The zero-order valence-electron chi connectivity index (χ0n) is 22.8. The number of hydrogen-bond donors (Lipinski definition) is 1. The van der Waals surface area contributed by atoms with Crippen molar-refractivity contribution in [1.82, 2.24) is 0 Å². The van der Waals surface area contributed by atoms with E-state index in [4.69, 9.17) is 19.9 Å². The van der Waals surface area contributed by atoms with E-state index in [-0.39, 0.29) is 23.4 Å². The molecule has 41 heavy (non-hydrogen) atoms. The van der Waals surface area contributed by atoms with E-state index in [1.54, 1.807) is 24.1 Å². The van der Waals surface area contributed by atoms with E-state index in [0.717, 1.165) is 5.56 Å². The summed E-state index contributed by atoms with van der Waals surface area (Å²) < 4.78 is 29.5. The maximum Gasteiger partial charge on any atom is 0.338 e. The summed E-state index contributed by atoms with van der Waals surface area (Å²) in [6, 6.07) is 21.7. The highest BCUT2D eigenvalue weighted by Gasteiger charge is 2.51. The number of ketones is 1. The van der Waals surface area contributed by atoms with E-state index >= 15 is 0 Å². The number of esters is 2. The SMILES string of the molecule is COC(=O)C1=C(N)N(c2ccccc2)C2=C(C(=O)[C@H](C(=O)OC)[C@@H](c3ccc(OC)cc3)C2)[C@H]1c1ccc(F)cc1. The van der Waals surface area contributed by atoms with Crippen LogP contribution in [0.3, 0.4) is 0 Å². The normalized spacial score (nSPS) is 20.4. The van der Waals surface area contributed by atoms with Crippen molar-refractivity contribution in [2.75, 3.05) is 26.2 Å². The summed E-state index contributed by atoms with van der Waals surface area (Å²) in [4.78, 5) is 42.8. The number of nitrogens with zero attached hydrogens (tertiary/aromatic N) is 1. The molecule has 1 aliphatic heterocycles. The van der Waals surface area contributed by atoms with Gasteiger partial charge in [0.05, 0.1) is 32.8 Å². The zero-order chi connectivity index (χ0) is 29.3. The number of allylic oxidation sites excluding steroid dienone is 2. The Bertz CT molecular complexity index is 1550. The number of rotatable bonds is 6. The number of para-hydroxylation sites is 1. The fourth-order valence-corrected chi connectivity index (χ4v) is 5.76. The van der Waals surface area contributed by atoms with Crippen LogP contribution in [0.4, 0.5) is 10.1 Å². The van der Waals surface area contributed by atoms with Crippen LogP contribution in [0.5, 0.6) is 5.75 Å². The van der Waals surface area contributed by atoms with Crippen molar-refractivity contribution in [1.29, 1.82) is 0 Å². The second-order valence-electron chi connectivity index (χ2n) is 9.76. The third-order valence-electron chi connectivity index (χ3n) is 7.66. The molecule has 0 spiro atoms. The largest absolute Gasteiger partial charge is 0.497 e. The first-order chi connectivity index (χ1) is 19.8. The molecular weight excluding hydrogens is 527 g/mol. The molecule has 0 radical (unpaired) electrons. The van der Waals surface area contributed by atoms with Gasteiger partial charge in [0, 0.05) is 22.9 Å². The number of benzene rings is 3. The van der Waals surface area contributed by atoms with Gasteiger partial charge in [0.25, 0.3) is 0 Å². The summed E-state index contributed by atoms with van der Waals surface area (Å²) in [5.74, 6) is -4.55. The van der Waals surface area contributed by atoms with Crippen LogP contribution < -0.4 is 15.4 Å². The van der Waals surface area contributed by atoms with Crippen molar-refractivity contribution in [3.8, 4) is 5.75 Å². The third kappa shape index (κ3) is 4.84. The summed E-state index contributed by atoms with van der Waals surface area (Å²) in [7, 11) is 4.01. The van der Waals surface area contributed by atoms with Crippen molar-refractivity contribution in [2.24, 2.45) is 11.7 Å². The lowest BCUT2D eigenvalue weighted by Crippen LogP contribution is -2.46. The number of anilines is 1. The lowest BCUT2D eigenvalue weighted by Gasteiger charge is -2.44. The Balaban J connectivity index is 1.80. The van der Waals surface area contributed by atoms with Crippen molar-refractivity contribution >= 4 is 23.4 Å². The lowest BCUT2D eigenvalue weighted by atomic mass is 9.67. The monoisotopic (exact) mass is 556 g/mol. The Hall–Kier alpha value is -4.92. The fraction of sp³-hybridized carbons (Fsp3) is 0.219. The van der Waals surface area contributed by atoms with Gasteiger partial charge in [-0.2, -0.15) is 0 Å². The topological polar surface area (TPSA) is 108 Å². The molecule has 0 bridgehead atoms. The van der Waals surface area contributed by atoms with Crippen LogP contribution in [0.1, 0.15) is 29.4 Å². The molecule has 2 aliphatic rings. The van der Waals surface area contributed by atoms with E-state index in [1.807, 2.05) is 42.5 Å². The van der Waals surface area contributed by atoms with Crippen LogP contribution in [-0.2, 0) is 23.9 Å². The number of nitrogens with two attached hydrogens (primary N) is 1. The highest BCUT2D eigenvalue weighted by Crippen LogP contribution is 2.51. The summed E-state index contributed by atoms with van der Waals surface area (Å²) in [6.45, 7) is 0. The second kappa shape index (κ2) is 11.3. The first-order valence-corrected chi connectivity index (χ1v) is 13.0. The van der Waals surface area contributed by atoms with E-state index < -0.39 is 41.3 Å². The van der Waals surface area contributed by atoms with Crippen LogP contribution in [0.2, 0.25) is 0 Å². The molecule has 8 nitrogen and oxygen atoms in total. The number of carbonyl (C=O) groups excluding carboxylic acids is 3. The Morgan fingerprint density at radius 3 is 2.10 bits per heavy atom. The molecule has 0 amide bonds. The number of methoxy groups -OCH3 is 3. The average Bonchev–Trinajstić information content (AvgIpc) is 3.00. The van der Waals surface area contributed by atoms with Crippen LogP contribution >= 0.6 is 0 Å². The van der Waals surface area contributed by atoms with Gasteiger partial charge in [-0.1, -0.05) is 42.5 Å². The maximum absolute atomic E-state index is 14.6. The zero-order valence-corrected chi connectivity index (χ0v) is 22.8. The number of carbonyl (C=O) groups is 3. The molecule has 0 fully saturated rings. The highest BCUT2D eigenvalue weighted by atomic mass is 19.1. The molecule has 5 rings (SSSR count). The van der Waals surface area contributed by atoms with Crippen molar-refractivity contribution in [3.63, 3.8) is 0 Å². The quantitative estimate of drug-likeness (QED) is 0.347. The van der Waals surface area contributed by atoms with Gasteiger partial charge in [-0.05, 0) is 53.9 Å².